The molecule has 15 heavy (non-hydrogen) atoms. The molecule has 1 aromatic rings. The molecular formula is C13H17ClO. The number of rotatable bonds is 3. The highest BCUT2D eigenvalue weighted by molar-refractivity contribution is 6.31. The van der Waals surface area contributed by atoms with Crippen molar-refractivity contribution in [2.24, 2.45) is 5.92 Å². The van der Waals surface area contributed by atoms with E-state index >= 15 is 0 Å². The van der Waals surface area contributed by atoms with Gasteiger partial charge in [-0.05, 0) is 42.9 Å². The number of hydrogen-bond donors (Lipinski definition) is 0. The number of hydrogen-bond acceptors (Lipinski definition) is 1. The lowest BCUT2D eigenvalue weighted by atomic mass is 9.84. The zero-order chi connectivity index (χ0) is 10.8. The number of halogens is 1. The van der Waals surface area contributed by atoms with Gasteiger partial charge in [0.05, 0.1) is 12.7 Å². The third-order valence-electron chi connectivity index (χ3n) is 3.05. The summed E-state index contributed by atoms with van der Waals surface area (Å²) in [7, 11) is 0. The molecule has 2 rings (SSSR count). The van der Waals surface area contributed by atoms with Gasteiger partial charge >= 0.3 is 0 Å². The van der Waals surface area contributed by atoms with E-state index in [1.54, 1.807) is 0 Å². The van der Waals surface area contributed by atoms with Gasteiger partial charge in [-0.15, -0.1) is 0 Å². The Morgan fingerprint density at radius 2 is 2.13 bits per heavy atom. The van der Waals surface area contributed by atoms with Crippen LogP contribution in [0, 0.1) is 12.8 Å². The third kappa shape index (κ3) is 2.73. The van der Waals surface area contributed by atoms with E-state index in [0.717, 1.165) is 16.5 Å². The lowest BCUT2D eigenvalue weighted by Crippen LogP contribution is -2.29. The Morgan fingerprint density at radius 3 is 2.73 bits per heavy atom. The third-order valence-corrected chi connectivity index (χ3v) is 3.46. The van der Waals surface area contributed by atoms with Crippen LogP contribution in [0.2, 0.25) is 5.02 Å². The van der Waals surface area contributed by atoms with E-state index in [4.69, 9.17) is 16.3 Å². The van der Waals surface area contributed by atoms with E-state index in [2.05, 4.69) is 13.0 Å². The molecule has 1 fully saturated rings. The molecule has 0 N–H and O–H groups in total. The first-order valence-electron chi connectivity index (χ1n) is 5.52. The van der Waals surface area contributed by atoms with E-state index in [-0.39, 0.29) is 0 Å². The summed E-state index contributed by atoms with van der Waals surface area (Å²) in [6, 6.07) is 6.13. The van der Waals surface area contributed by atoms with Gasteiger partial charge in [0, 0.05) is 5.02 Å². The summed E-state index contributed by atoms with van der Waals surface area (Å²) < 4.78 is 5.77. The highest BCUT2D eigenvalue weighted by Crippen LogP contribution is 2.30. The molecule has 0 radical (unpaired) electrons. The van der Waals surface area contributed by atoms with Crippen molar-refractivity contribution in [2.75, 3.05) is 0 Å². The van der Waals surface area contributed by atoms with Crippen LogP contribution >= 0.6 is 11.6 Å². The summed E-state index contributed by atoms with van der Waals surface area (Å²) in [4.78, 5) is 0. The SMILES string of the molecule is Cc1ccc(CO[C@H]2C[C@@H](C)C2)cc1Cl. The molecule has 0 bridgehead atoms. The second-order valence-corrected chi connectivity index (χ2v) is 5.00. The molecule has 0 aliphatic heterocycles. The van der Waals surface area contributed by atoms with Crippen LogP contribution in [-0.2, 0) is 11.3 Å². The normalized spacial score (nSPS) is 25.0. The van der Waals surface area contributed by atoms with E-state index in [0.29, 0.717) is 12.7 Å². The van der Waals surface area contributed by atoms with Crippen molar-refractivity contribution in [1.82, 2.24) is 0 Å². The fourth-order valence-electron chi connectivity index (χ4n) is 1.90. The Hall–Kier alpha value is -0.530. The Bertz CT molecular complexity index is 342. The minimum absolute atomic E-state index is 0.472. The van der Waals surface area contributed by atoms with Crippen LogP contribution in [0.4, 0.5) is 0 Å². The largest absolute Gasteiger partial charge is 0.374 e. The van der Waals surface area contributed by atoms with Gasteiger partial charge in [0.15, 0.2) is 0 Å². The fraction of sp³-hybridized carbons (Fsp3) is 0.538. The lowest BCUT2D eigenvalue weighted by molar-refractivity contribution is -0.0352. The highest BCUT2D eigenvalue weighted by atomic mass is 35.5. The maximum absolute atomic E-state index is 6.04. The van der Waals surface area contributed by atoms with Gasteiger partial charge in [-0.1, -0.05) is 30.7 Å². The van der Waals surface area contributed by atoms with Gasteiger partial charge in [-0.25, -0.2) is 0 Å². The van der Waals surface area contributed by atoms with Crippen molar-refractivity contribution in [3.05, 3.63) is 34.3 Å². The van der Waals surface area contributed by atoms with E-state index in [1.165, 1.54) is 18.4 Å². The summed E-state index contributed by atoms with van der Waals surface area (Å²) in [5.74, 6) is 0.844. The maximum Gasteiger partial charge on any atom is 0.0721 e. The standard InChI is InChI=1S/C13H17ClO/c1-9-5-12(6-9)15-8-11-4-3-10(2)13(14)7-11/h3-4,7,9,12H,5-6,8H2,1-2H3/t9-,12+. The maximum atomic E-state index is 6.04. The Kier molecular flexibility index (Phi) is 3.32. The number of benzene rings is 1. The first-order valence-corrected chi connectivity index (χ1v) is 5.89. The summed E-state index contributed by atoms with van der Waals surface area (Å²) >= 11 is 6.04. The predicted molar refractivity (Wildman–Crippen MR) is 63.2 cm³/mol. The topological polar surface area (TPSA) is 9.23 Å². The smallest absolute Gasteiger partial charge is 0.0721 e. The minimum atomic E-state index is 0.472. The summed E-state index contributed by atoms with van der Waals surface area (Å²) in [5.41, 5.74) is 2.29. The van der Waals surface area contributed by atoms with Crippen LogP contribution in [0.5, 0.6) is 0 Å². The number of ether oxygens (including phenoxy) is 1. The Morgan fingerprint density at radius 1 is 1.40 bits per heavy atom. The van der Waals surface area contributed by atoms with Gasteiger partial charge in [0.25, 0.3) is 0 Å². The number of aryl methyl sites for hydroxylation is 1. The van der Waals surface area contributed by atoms with Gasteiger partial charge in [-0.2, -0.15) is 0 Å². The Balaban J connectivity index is 1.86. The van der Waals surface area contributed by atoms with Gasteiger partial charge in [-0.3, -0.25) is 0 Å². The quantitative estimate of drug-likeness (QED) is 0.755. The molecule has 1 aromatic carbocycles. The molecule has 0 atom stereocenters. The molecule has 0 aromatic heterocycles. The van der Waals surface area contributed by atoms with Crippen LogP contribution in [0.25, 0.3) is 0 Å². The van der Waals surface area contributed by atoms with Crippen molar-refractivity contribution in [2.45, 2.75) is 39.4 Å². The molecule has 1 aliphatic rings. The predicted octanol–water partition coefficient (Wildman–Crippen LogP) is 3.96. The zero-order valence-electron chi connectivity index (χ0n) is 9.29. The van der Waals surface area contributed by atoms with Crippen LogP contribution in [0.3, 0.4) is 0 Å². The molecular weight excluding hydrogens is 208 g/mol. The van der Waals surface area contributed by atoms with Crippen LogP contribution in [0.1, 0.15) is 30.9 Å². The second kappa shape index (κ2) is 4.54. The van der Waals surface area contributed by atoms with Gasteiger partial charge in [0.1, 0.15) is 0 Å². The van der Waals surface area contributed by atoms with Crippen molar-refractivity contribution < 1.29 is 4.74 Å². The molecule has 1 aliphatic carbocycles. The zero-order valence-corrected chi connectivity index (χ0v) is 10.1. The van der Waals surface area contributed by atoms with Gasteiger partial charge < -0.3 is 4.74 Å². The molecule has 1 nitrogen and oxygen atoms in total. The monoisotopic (exact) mass is 224 g/mol. The highest BCUT2D eigenvalue weighted by Gasteiger charge is 2.25. The lowest BCUT2D eigenvalue weighted by Gasteiger charge is -2.32. The minimum Gasteiger partial charge on any atom is -0.374 e. The van der Waals surface area contributed by atoms with Crippen LogP contribution < -0.4 is 0 Å². The first kappa shape index (κ1) is 11.0. The van der Waals surface area contributed by atoms with Crippen molar-refractivity contribution in [3.8, 4) is 0 Å². The average molecular weight is 225 g/mol. The van der Waals surface area contributed by atoms with Gasteiger partial charge in [0.2, 0.25) is 0 Å². The van der Waals surface area contributed by atoms with Crippen molar-refractivity contribution in [3.63, 3.8) is 0 Å². The average Bonchev–Trinajstić information content (AvgIpc) is 2.16. The Labute approximate surface area is 96.4 Å². The molecule has 1 saturated carbocycles. The molecule has 0 unspecified atom stereocenters. The summed E-state index contributed by atoms with van der Waals surface area (Å²) in [5, 5.41) is 0.832. The van der Waals surface area contributed by atoms with E-state index in [1.807, 2.05) is 19.1 Å². The molecule has 0 saturated heterocycles. The van der Waals surface area contributed by atoms with Crippen LogP contribution in [-0.4, -0.2) is 6.10 Å². The second-order valence-electron chi connectivity index (χ2n) is 4.59. The van der Waals surface area contributed by atoms with Crippen molar-refractivity contribution >= 4 is 11.6 Å². The summed E-state index contributed by atoms with van der Waals surface area (Å²) in [6.45, 7) is 4.97. The first-order chi connectivity index (χ1) is 7.15. The summed E-state index contributed by atoms with van der Waals surface area (Å²) in [6.07, 6.45) is 2.89. The molecule has 82 valence electrons. The molecule has 0 spiro atoms. The van der Waals surface area contributed by atoms with E-state index in [9.17, 15) is 0 Å². The molecule has 0 amide bonds. The molecule has 0 heterocycles. The fourth-order valence-corrected chi connectivity index (χ4v) is 2.11. The molecule has 2 heteroatoms. The van der Waals surface area contributed by atoms with Crippen LogP contribution in [0.15, 0.2) is 18.2 Å². The van der Waals surface area contributed by atoms with E-state index < -0.39 is 0 Å². The van der Waals surface area contributed by atoms with Crippen molar-refractivity contribution in [1.29, 1.82) is 0 Å².